The van der Waals surface area contributed by atoms with E-state index >= 15 is 0 Å². The highest BCUT2D eigenvalue weighted by Crippen LogP contribution is 2.28. The van der Waals surface area contributed by atoms with E-state index in [0.29, 0.717) is 25.2 Å². The minimum absolute atomic E-state index is 0.0165. The number of nitrogens with one attached hydrogen (secondary N) is 1. The van der Waals surface area contributed by atoms with Gasteiger partial charge in [-0.2, -0.15) is 16.1 Å². The molecule has 1 N–H and O–H groups in total. The van der Waals surface area contributed by atoms with Crippen molar-refractivity contribution in [3.8, 4) is 0 Å². The molecular formula is C19H29ClN2O3S2. The molecule has 1 aliphatic heterocycles. The average Bonchev–Trinajstić information content (AvgIpc) is 2.88. The largest absolute Gasteiger partial charge is 0.351 e. The van der Waals surface area contributed by atoms with Gasteiger partial charge in [0.25, 0.3) is 5.91 Å². The van der Waals surface area contributed by atoms with Crippen LogP contribution < -0.4 is 5.32 Å². The van der Waals surface area contributed by atoms with Crippen LogP contribution in [0.4, 0.5) is 0 Å². The van der Waals surface area contributed by atoms with E-state index in [1.165, 1.54) is 16.4 Å². The number of carbonyl (C=O) groups excluding carboxylic acids is 1. The first kappa shape index (κ1) is 22.5. The molecule has 0 unspecified atom stereocenters. The molecule has 1 fully saturated rings. The molecule has 1 aliphatic rings. The Morgan fingerprint density at radius 3 is 2.41 bits per heavy atom. The lowest BCUT2D eigenvalue weighted by Crippen LogP contribution is -2.32. The summed E-state index contributed by atoms with van der Waals surface area (Å²) in [6, 6.07) is 4.45. The molecule has 0 atom stereocenters. The van der Waals surface area contributed by atoms with Crippen molar-refractivity contribution in [3.63, 3.8) is 0 Å². The van der Waals surface area contributed by atoms with Crippen molar-refractivity contribution in [2.45, 2.75) is 56.1 Å². The summed E-state index contributed by atoms with van der Waals surface area (Å²) < 4.78 is 27.7. The van der Waals surface area contributed by atoms with Crippen LogP contribution in [0.2, 0.25) is 5.02 Å². The van der Waals surface area contributed by atoms with Crippen molar-refractivity contribution in [1.82, 2.24) is 9.62 Å². The summed E-state index contributed by atoms with van der Waals surface area (Å²) in [5.74, 6) is 0.510. The average molecular weight is 433 g/mol. The standard InChI is InChI=1S/C19H29ClN2O3S2/c1-19(2,3)26-13-10-21-18(23)15-8-9-16(20)17(14-15)27(24,25)22-11-6-4-5-7-12-22/h8-9,14H,4-7,10-13H2,1-3H3,(H,21,23). The molecular weight excluding hydrogens is 404 g/mol. The summed E-state index contributed by atoms with van der Waals surface area (Å²) in [6.45, 7) is 7.89. The Hall–Kier alpha value is -0.760. The molecule has 0 aliphatic carbocycles. The molecule has 1 aromatic carbocycles. The van der Waals surface area contributed by atoms with E-state index in [1.54, 1.807) is 17.8 Å². The zero-order valence-electron chi connectivity index (χ0n) is 16.3. The molecule has 2 rings (SSSR count). The highest BCUT2D eigenvalue weighted by atomic mass is 35.5. The highest BCUT2D eigenvalue weighted by molar-refractivity contribution is 8.00. The van der Waals surface area contributed by atoms with Crippen LogP contribution in [0.3, 0.4) is 0 Å². The lowest BCUT2D eigenvalue weighted by Gasteiger charge is -2.21. The van der Waals surface area contributed by atoms with Crippen LogP contribution in [0.25, 0.3) is 0 Å². The van der Waals surface area contributed by atoms with Crippen molar-refractivity contribution in [3.05, 3.63) is 28.8 Å². The SMILES string of the molecule is CC(C)(C)SCCNC(=O)c1ccc(Cl)c(S(=O)(=O)N2CCCCCC2)c1. The molecule has 0 bridgehead atoms. The number of carbonyl (C=O) groups is 1. The second-order valence-electron chi connectivity index (χ2n) is 7.68. The highest BCUT2D eigenvalue weighted by Gasteiger charge is 2.28. The van der Waals surface area contributed by atoms with Gasteiger partial charge in [-0.05, 0) is 31.0 Å². The molecule has 0 radical (unpaired) electrons. The van der Waals surface area contributed by atoms with Gasteiger partial charge in [-0.25, -0.2) is 8.42 Å². The zero-order valence-corrected chi connectivity index (χ0v) is 18.6. The number of rotatable bonds is 6. The Labute approximate surface area is 172 Å². The van der Waals surface area contributed by atoms with E-state index in [9.17, 15) is 13.2 Å². The first-order valence-corrected chi connectivity index (χ1v) is 12.1. The maximum Gasteiger partial charge on any atom is 0.251 e. The molecule has 1 saturated heterocycles. The normalized spacial score (nSPS) is 16.7. The third kappa shape index (κ3) is 6.66. The monoisotopic (exact) mass is 432 g/mol. The van der Waals surface area contributed by atoms with Crippen LogP contribution in [0.5, 0.6) is 0 Å². The number of nitrogens with zero attached hydrogens (tertiary/aromatic N) is 1. The van der Waals surface area contributed by atoms with Crippen molar-refractivity contribution in [2.75, 3.05) is 25.4 Å². The van der Waals surface area contributed by atoms with E-state index in [-0.39, 0.29) is 20.6 Å². The number of hydrogen-bond acceptors (Lipinski definition) is 4. The minimum Gasteiger partial charge on any atom is -0.351 e. The number of benzene rings is 1. The molecule has 152 valence electrons. The summed E-state index contributed by atoms with van der Waals surface area (Å²) in [6.07, 6.45) is 3.77. The molecule has 0 aromatic heterocycles. The van der Waals surface area contributed by atoms with E-state index < -0.39 is 10.0 Å². The second-order valence-corrected chi connectivity index (χ2v) is 11.9. The van der Waals surface area contributed by atoms with Crippen LogP contribution in [-0.4, -0.2) is 48.8 Å². The molecule has 27 heavy (non-hydrogen) atoms. The van der Waals surface area contributed by atoms with Gasteiger partial charge in [0.15, 0.2) is 0 Å². The van der Waals surface area contributed by atoms with Gasteiger partial charge in [0.1, 0.15) is 4.90 Å². The van der Waals surface area contributed by atoms with E-state index in [0.717, 1.165) is 31.4 Å². The molecule has 5 nitrogen and oxygen atoms in total. The Bertz CT molecular complexity index is 753. The fraction of sp³-hybridized carbons (Fsp3) is 0.632. The van der Waals surface area contributed by atoms with Gasteiger partial charge in [0.2, 0.25) is 10.0 Å². The summed E-state index contributed by atoms with van der Waals surface area (Å²) in [5.41, 5.74) is 0.313. The van der Waals surface area contributed by atoms with Gasteiger partial charge >= 0.3 is 0 Å². The van der Waals surface area contributed by atoms with Gasteiger partial charge in [-0.3, -0.25) is 4.79 Å². The Kier molecular flexibility index (Phi) is 8.04. The topological polar surface area (TPSA) is 66.5 Å². The number of thioether (sulfide) groups is 1. The van der Waals surface area contributed by atoms with Crippen LogP contribution in [0.1, 0.15) is 56.8 Å². The number of sulfonamides is 1. The Morgan fingerprint density at radius 2 is 1.81 bits per heavy atom. The molecule has 1 amide bonds. The van der Waals surface area contributed by atoms with Gasteiger partial charge in [0.05, 0.1) is 5.02 Å². The third-order valence-electron chi connectivity index (χ3n) is 4.30. The molecule has 1 heterocycles. The van der Waals surface area contributed by atoms with E-state index in [2.05, 4.69) is 26.1 Å². The van der Waals surface area contributed by atoms with Crippen LogP contribution in [0.15, 0.2) is 23.1 Å². The van der Waals surface area contributed by atoms with Gasteiger partial charge in [-0.1, -0.05) is 45.2 Å². The number of hydrogen-bond donors (Lipinski definition) is 1. The zero-order chi connectivity index (χ0) is 20.1. The first-order valence-electron chi connectivity index (χ1n) is 9.33. The Balaban J connectivity index is 2.11. The molecule has 0 spiro atoms. The van der Waals surface area contributed by atoms with Crippen molar-refractivity contribution < 1.29 is 13.2 Å². The maximum atomic E-state index is 13.0. The van der Waals surface area contributed by atoms with Crippen molar-refractivity contribution in [1.29, 1.82) is 0 Å². The van der Waals surface area contributed by atoms with Crippen molar-refractivity contribution in [2.24, 2.45) is 0 Å². The van der Waals surface area contributed by atoms with Gasteiger partial charge in [-0.15, -0.1) is 0 Å². The van der Waals surface area contributed by atoms with Crippen molar-refractivity contribution >= 4 is 39.3 Å². The molecule has 8 heteroatoms. The summed E-state index contributed by atoms with van der Waals surface area (Å²) >= 11 is 7.94. The van der Waals surface area contributed by atoms with E-state index in [1.807, 2.05) is 0 Å². The Morgan fingerprint density at radius 1 is 1.19 bits per heavy atom. The number of amides is 1. The third-order valence-corrected chi connectivity index (χ3v) is 7.95. The van der Waals surface area contributed by atoms with Gasteiger partial charge < -0.3 is 5.32 Å². The lowest BCUT2D eigenvalue weighted by atomic mass is 10.2. The minimum atomic E-state index is -3.70. The summed E-state index contributed by atoms with van der Waals surface area (Å²) in [7, 11) is -3.70. The lowest BCUT2D eigenvalue weighted by molar-refractivity contribution is 0.0956. The number of halogens is 1. The first-order chi connectivity index (χ1) is 12.6. The predicted octanol–water partition coefficient (Wildman–Crippen LogP) is 4.17. The van der Waals surface area contributed by atoms with Crippen LogP contribution in [-0.2, 0) is 10.0 Å². The quantitative estimate of drug-likeness (QED) is 0.685. The summed E-state index contributed by atoms with van der Waals surface area (Å²) in [4.78, 5) is 12.4. The fourth-order valence-electron chi connectivity index (χ4n) is 2.89. The smallest absolute Gasteiger partial charge is 0.251 e. The van der Waals surface area contributed by atoms with Crippen LogP contribution in [0, 0.1) is 0 Å². The van der Waals surface area contributed by atoms with Crippen LogP contribution >= 0.6 is 23.4 Å². The summed E-state index contributed by atoms with van der Waals surface area (Å²) in [5, 5.41) is 3.00. The molecule has 0 saturated carbocycles. The predicted molar refractivity (Wildman–Crippen MR) is 113 cm³/mol. The van der Waals surface area contributed by atoms with Gasteiger partial charge in [0, 0.05) is 35.7 Å². The molecule has 1 aromatic rings. The maximum absolute atomic E-state index is 13.0. The van der Waals surface area contributed by atoms with E-state index in [4.69, 9.17) is 11.6 Å². The fourth-order valence-corrected chi connectivity index (χ4v) is 5.72. The second kappa shape index (κ2) is 9.63.